The van der Waals surface area contributed by atoms with E-state index < -0.39 is 11.9 Å². The maximum absolute atomic E-state index is 13.0. The van der Waals surface area contributed by atoms with E-state index in [9.17, 15) is 9.59 Å². The van der Waals surface area contributed by atoms with Crippen molar-refractivity contribution >= 4 is 35.1 Å². The maximum atomic E-state index is 13.0. The lowest BCUT2D eigenvalue weighted by atomic mass is 9.82. The molecule has 0 spiro atoms. The van der Waals surface area contributed by atoms with Crippen molar-refractivity contribution < 1.29 is 9.53 Å². The van der Waals surface area contributed by atoms with Crippen LogP contribution in [0.25, 0.3) is 0 Å². The first-order valence-electron chi connectivity index (χ1n) is 9.13. The number of hydrogen-bond donors (Lipinski definition) is 2. The second-order valence-electron chi connectivity index (χ2n) is 6.35. The number of aromatic nitrogens is 2. The molecule has 8 heteroatoms. The molecule has 0 bridgehead atoms. The highest BCUT2D eigenvalue weighted by atomic mass is 35.5. The number of carbonyl (C=O) groups is 1. The number of nitrogens with zero attached hydrogens (tertiary/aromatic N) is 1. The second-order valence-corrected chi connectivity index (χ2v) is 7.87. The van der Waals surface area contributed by atoms with E-state index in [0.29, 0.717) is 32.8 Å². The number of benzene rings is 1. The molecule has 0 amide bonds. The van der Waals surface area contributed by atoms with Gasteiger partial charge in [0.2, 0.25) is 0 Å². The summed E-state index contributed by atoms with van der Waals surface area (Å²) in [6.07, 6.45) is 0.970. The molecule has 0 saturated heterocycles. The summed E-state index contributed by atoms with van der Waals surface area (Å²) in [6, 6.07) is 7.11. The lowest BCUT2D eigenvalue weighted by Gasteiger charge is -2.28. The lowest BCUT2D eigenvalue weighted by molar-refractivity contribution is -0.138. The number of halogens is 1. The molecule has 3 rings (SSSR count). The zero-order valence-corrected chi connectivity index (χ0v) is 17.5. The molecule has 0 fully saturated rings. The Kier molecular flexibility index (Phi) is 6.46. The number of ether oxygens (including phenoxy) is 1. The van der Waals surface area contributed by atoms with Gasteiger partial charge in [0.1, 0.15) is 5.82 Å². The first-order chi connectivity index (χ1) is 13.5. The fourth-order valence-corrected chi connectivity index (χ4v) is 4.01. The van der Waals surface area contributed by atoms with Gasteiger partial charge in [0.05, 0.1) is 23.7 Å². The van der Waals surface area contributed by atoms with Crippen molar-refractivity contribution in [1.29, 1.82) is 0 Å². The molecular formula is C20H22ClN3O3S. The van der Waals surface area contributed by atoms with Gasteiger partial charge in [0, 0.05) is 16.5 Å². The van der Waals surface area contributed by atoms with Gasteiger partial charge in [-0.3, -0.25) is 4.79 Å². The van der Waals surface area contributed by atoms with Gasteiger partial charge < -0.3 is 15.0 Å². The van der Waals surface area contributed by atoms with Crippen LogP contribution in [0.1, 0.15) is 44.2 Å². The largest absolute Gasteiger partial charge is 0.463 e. The van der Waals surface area contributed by atoms with Crippen LogP contribution >= 0.6 is 23.4 Å². The summed E-state index contributed by atoms with van der Waals surface area (Å²) in [5.41, 5.74) is 1.92. The number of fused-ring (bicyclic) bond motifs is 1. The van der Waals surface area contributed by atoms with Crippen LogP contribution in [0.5, 0.6) is 0 Å². The number of allylic oxidation sites excluding steroid dienone is 1. The predicted molar refractivity (Wildman–Crippen MR) is 112 cm³/mol. The van der Waals surface area contributed by atoms with Crippen LogP contribution in [0.3, 0.4) is 0 Å². The van der Waals surface area contributed by atoms with Gasteiger partial charge in [-0.05, 0) is 38.0 Å². The van der Waals surface area contributed by atoms with Crippen molar-refractivity contribution in [1.82, 2.24) is 9.97 Å². The Morgan fingerprint density at radius 3 is 2.64 bits per heavy atom. The number of esters is 1. The summed E-state index contributed by atoms with van der Waals surface area (Å²) in [5.74, 6) is 0.273. The van der Waals surface area contributed by atoms with E-state index in [1.165, 1.54) is 11.8 Å². The minimum atomic E-state index is -0.589. The number of aromatic amines is 1. The number of hydrogen-bond acceptors (Lipinski definition) is 6. The Bertz CT molecular complexity index is 970. The zero-order valence-electron chi connectivity index (χ0n) is 16.0. The molecule has 1 aliphatic heterocycles. The SMILES string of the molecule is CCCSc1nc2c(c(=O)[nH]1)[C@H](c1ccc(Cl)cc1)C(C(=O)OCC)=C(C)N2. The molecule has 28 heavy (non-hydrogen) atoms. The molecule has 2 aromatic rings. The smallest absolute Gasteiger partial charge is 0.336 e. The third-order valence-electron chi connectivity index (χ3n) is 4.36. The average Bonchev–Trinajstić information content (AvgIpc) is 2.66. The summed E-state index contributed by atoms with van der Waals surface area (Å²) in [4.78, 5) is 33.1. The Morgan fingerprint density at radius 2 is 2.00 bits per heavy atom. The highest BCUT2D eigenvalue weighted by Gasteiger charge is 2.36. The molecule has 0 unspecified atom stereocenters. The van der Waals surface area contributed by atoms with E-state index in [0.717, 1.165) is 17.7 Å². The maximum Gasteiger partial charge on any atom is 0.336 e. The Hall–Kier alpha value is -2.25. The summed E-state index contributed by atoms with van der Waals surface area (Å²) in [7, 11) is 0. The van der Waals surface area contributed by atoms with Crippen LogP contribution in [-0.4, -0.2) is 28.3 Å². The number of H-pyrrole nitrogens is 1. The fraction of sp³-hybridized carbons (Fsp3) is 0.350. The van der Waals surface area contributed by atoms with Crippen molar-refractivity contribution in [3.8, 4) is 0 Å². The number of carbonyl (C=O) groups excluding carboxylic acids is 1. The first-order valence-corrected chi connectivity index (χ1v) is 10.5. The number of anilines is 1. The summed E-state index contributed by atoms with van der Waals surface area (Å²) in [6.45, 7) is 5.86. The van der Waals surface area contributed by atoms with Crippen molar-refractivity contribution in [2.75, 3.05) is 17.7 Å². The predicted octanol–water partition coefficient (Wildman–Crippen LogP) is 4.32. The Labute approximate surface area is 172 Å². The van der Waals surface area contributed by atoms with E-state index in [1.54, 1.807) is 26.0 Å². The van der Waals surface area contributed by atoms with E-state index >= 15 is 0 Å². The van der Waals surface area contributed by atoms with Crippen molar-refractivity contribution in [2.24, 2.45) is 0 Å². The molecule has 148 valence electrons. The van der Waals surface area contributed by atoms with E-state index in [4.69, 9.17) is 16.3 Å². The topological polar surface area (TPSA) is 84.1 Å². The fourth-order valence-electron chi connectivity index (χ4n) is 3.17. The number of rotatable bonds is 6. The number of thioether (sulfide) groups is 1. The normalized spacial score (nSPS) is 15.8. The molecule has 2 heterocycles. The van der Waals surface area contributed by atoms with Gasteiger partial charge in [-0.15, -0.1) is 0 Å². The van der Waals surface area contributed by atoms with Gasteiger partial charge in [0.25, 0.3) is 5.56 Å². The molecule has 0 aliphatic carbocycles. The van der Waals surface area contributed by atoms with E-state index in [1.807, 2.05) is 12.1 Å². The molecule has 1 atom stereocenters. The lowest BCUT2D eigenvalue weighted by Crippen LogP contribution is -2.31. The zero-order chi connectivity index (χ0) is 20.3. The van der Waals surface area contributed by atoms with Crippen LogP contribution in [-0.2, 0) is 9.53 Å². The minimum Gasteiger partial charge on any atom is -0.463 e. The molecule has 0 radical (unpaired) electrons. The molecule has 1 aromatic carbocycles. The molecular weight excluding hydrogens is 398 g/mol. The average molecular weight is 420 g/mol. The van der Waals surface area contributed by atoms with Crippen molar-refractivity contribution in [3.05, 3.63) is 62.0 Å². The number of nitrogens with one attached hydrogen (secondary N) is 2. The monoisotopic (exact) mass is 419 g/mol. The van der Waals surface area contributed by atoms with E-state index in [-0.39, 0.29) is 12.2 Å². The summed E-state index contributed by atoms with van der Waals surface area (Å²) >= 11 is 7.52. The van der Waals surface area contributed by atoms with Gasteiger partial charge >= 0.3 is 5.97 Å². The standard InChI is InChI=1S/C20H22ClN3O3S/c1-4-10-28-20-23-17-16(18(25)24-20)15(12-6-8-13(21)9-7-12)14(11(3)22-17)19(26)27-5-2/h6-9,15H,4-5,10H2,1-3H3,(H2,22,23,24,25)/t15-/m1/s1. The van der Waals surface area contributed by atoms with Gasteiger partial charge in [-0.25, -0.2) is 9.78 Å². The van der Waals surface area contributed by atoms with Crippen molar-refractivity contribution in [2.45, 2.75) is 38.3 Å². The molecule has 2 N–H and O–H groups in total. The van der Waals surface area contributed by atoms with Crippen LogP contribution < -0.4 is 10.9 Å². The second kappa shape index (κ2) is 8.84. The van der Waals surface area contributed by atoms with Gasteiger partial charge in [0.15, 0.2) is 5.16 Å². The first kappa shape index (κ1) is 20.5. The van der Waals surface area contributed by atoms with Crippen LogP contribution in [0.2, 0.25) is 5.02 Å². The van der Waals surface area contributed by atoms with Gasteiger partial charge in [-0.1, -0.05) is 42.4 Å². The quantitative estimate of drug-likeness (QED) is 0.412. The highest BCUT2D eigenvalue weighted by Crippen LogP contribution is 2.40. The molecule has 0 saturated carbocycles. The third kappa shape index (κ3) is 4.10. The molecule has 1 aliphatic rings. The van der Waals surface area contributed by atoms with E-state index in [2.05, 4.69) is 22.2 Å². The Morgan fingerprint density at radius 1 is 1.29 bits per heavy atom. The summed E-state index contributed by atoms with van der Waals surface area (Å²) in [5, 5.41) is 4.26. The third-order valence-corrected chi connectivity index (χ3v) is 5.69. The minimum absolute atomic E-state index is 0.247. The van der Waals surface area contributed by atoms with Gasteiger partial charge in [-0.2, -0.15) is 0 Å². The molecule has 6 nitrogen and oxygen atoms in total. The van der Waals surface area contributed by atoms with Crippen molar-refractivity contribution in [3.63, 3.8) is 0 Å². The highest BCUT2D eigenvalue weighted by molar-refractivity contribution is 7.99. The summed E-state index contributed by atoms with van der Waals surface area (Å²) < 4.78 is 5.26. The molecule has 1 aromatic heterocycles. The van der Waals surface area contributed by atoms with Crippen LogP contribution in [0.4, 0.5) is 5.82 Å². The van der Waals surface area contributed by atoms with Crippen LogP contribution in [0, 0.1) is 0 Å². The Balaban J connectivity index is 2.18. The van der Waals surface area contributed by atoms with Crippen LogP contribution in [0.15, 0.2) is 45.5 Å².